The highest BCUT2D eigenvalue weighted by atomic mass is 32.2. The third kappa shape index (κ3) is 3.51. The van der Waals surface area contributed by atoms with Crippen LogP contribution >= 0.6 is 11.8 Å². The van der Waals surface area contributed by atoms with Gasteiger partial charge >= 0.3 is 0 Å². The second-order valence-corrected chi connectivity index (χ2v) is 6.61. The van der Waals surface area contributed by atoms with Crippen molar-refractivity contribution in [1.82, 2.24) is 9.97 Å². The maximum absolute atomic E-state index is 12.7. The number of thioether (sulfide) groups is 1. The Hall–Kier alpha value is -2.39. The van der Waals surface area contributed by atoms with Crippen LogP contribution in [-0.4, -0.2) is 27.7 Å². The SMILES string of the molecule is Cc1cnc(S[C@@H]2CCCN(c3ccc(C#N)cc3)C2=O)nc1. The monoisotopic (exact) mass is 324 g/mol. The Kier molecular flexibility index (Phi) is 4.58. The van der Waals surface area contributed by atoms with Crippen LogP contribution in [0.4, 0.5) is 5.69 Å². The van der Waals surface area contributed by atoms with E-state index in [-0.39, 0.29) is 11.2 Å². The number of aryl methyl sites for hydroxylation is 1. The summed E-state index contributed by atoms with van der Waals surface area (Å²) in [6.45, 7) is 2.64. The maximum Gasteiger partial charge on any atom is 0.240 e. The normalized spacial score (nSPS) is 17.8. The number of hydrogen-bond acceptors (Lipinski definition) is 5. The lowest BCUT2D eigenvalue weighted by Crippen LogP contribution is -2.43. The van der Waals surface area contributed by atoms with Crippen molar-refractivity contribution in [3.05, 3.63) is 47.8 Å². The molecule has 116 valence electrons. The van der Waals surface area contributed by atoms with Gasteiger partial charge in [0, 0.05) is 24.6 Å². The molecule has 1 atom stereocenters. The number of hydrogen-bond donors (Lipinski definition) is 0. The number of piperidine rings is 1. The number of rotatable bonds is 3. The molecule has 2 heterocycles. The van der Waals surface area contributed by atoms with Gasteiger partial charge in [-0.25, -0.2) is 9.97 Å². The summed E-state index contributed by atoms with van der Waals surface area (Å²) in [5.74, 6) is 0.0788. The van der Waals surface area contributed by atoms with E-state index in [0.29, 0.717) is 17.3 Å². The molecule has 1 aromatic carbocycles. The molecule has 1 amide bonds. The Morgan fingerprint density at radius 2 is 1.96 bits per heavy atom. The van der Waals surface area contributed by atoms with Gasteiger partial charge in [-0.2, -0.15) is 5.26 Å². The zero-order valence-electron chi connectivity index (χ0n) is 12.8. The Bertz CT molecular complexity index is 737. The molecule has 1 aliphatic heterocycles. The predicted octanol–water partition coefficient (Wildman–Crippen LogP) is 2.94. The van der Waals surface area contributed by atoms with Gasteiger partial charge in [0.2, 0.25) is 5.91 Å². The molecular weight excluding hydrogens is 308 g/mol. The Morgan fingerprint density at radius 3 is 2.61 bits per heavy atom. The van der Waals surface area contributed by atoms with Crippen molar-refractivity contribution in [1.29, 1.82) is 5.26 Å². The average molecular weight is 324 g/mol. The second kappa shape index (κ2) is 6.80. The van der Waals surface area contributed by atoms with Crippen LogP contribution in [-0.2, 0) is 4.79 Å². The average Bonchev–Trinajstić information content (AvgIpc) is 2.59. The van der Waals surface area contributed by atoms with Crippen molar-refractivity contribution < 1.29 is 4.79 Å². The predicted molar refractivity (Wildman–Crippen MR) is 89.2 cm³/mol. The summed E-state index contributed by atoms with van der Waals surface area (Å²) in [6.07, 6.45) is 5.30. The van der Waals surface area contributed by atoms with E-state index in [1.807, 2.05) is 19.1 Å². The lowest BCUT2D eigenvalue weighted by atomic mass is 10.1. The lowest BCUT2D eigenvalue weighted by Gasteiger charge is -2.31. The molecule has 5 nitrogen and oxygen atoms in total. The molecule has 1 aromatic heterocycles. The van der Waals surface area contributed by atoms with Gasteiger partial charge in [-0.3, -0.25) is 4.79 Å². The second-order valence-electron chi connectivity index (χ2n) is 5.44. The van der Waals surface area contributed by atoms with E-state index in [1.54, 1.807) is 29.4 Å². The van der Waals surface area contributed by atoms with Crippen molar-refractivity contribution in [3.63, 3.8) is 0 Å². The van der Waals surface area contributed by atoms with Crippen LogP contribution in [0.3, 0.4) is 0 Å². The molecule has 1 fully saturated rings. The van der Waals surface area contributed by atoms with Crippen molar-refractivity contribution in [3.8, 4) is 6.07 Å². The molecule has 23 heavy (non-hydrogen) atoms. The summed E-state index contributed by atoms with van der Waals surface area (Å²) in [5, 5.41) is 9.34. The minimum absolute atomic E-state index is 0.0788. The summed E-state index contributed by atoms with van der Waals surface area (Å²) in [6, 6.07) is 9.22. The van der Waals surface area contributed by atoms with Crippen LogP contribution in [0.1, 0.15) is 24.0 Å². The number of carbonyl (C=O) groups excluding carboxylic acids is 1. The van der Waals surface area contributed by atoms with Crippen LogP contribution in [0.2, 0.25) is 0 Å². The zero-order valence-corrected chi connectivity index (χ0v) is 13.6. The third-order valence-corrected chi connectivity index (χ3v) is 4.85. The van der Waals surface area contributed by atoms with Gasteiger partial charge in [0.1, 0.15) is 0 Å². The number of amides is 1. The number of benzene rings is 1. The van der Waals surface area contributed by atoms with Gasteiger partial charge in [0.05, 0.1) is 16.9 Å². The van der Waals surface area contributed by atoms with Crippen molar-refractivity contribution in [2.75, 3.05) is 11.4 Å². The molecule has 0 bridgehead atoms. The summed E-state index contributed by atoms with van der Waals surface area (Å²) in [7, 11) is 0. The molecular formula is C17H16N4OS. The standard InChI is InChI=1S/C17H16N4OS/c1-12-10-19-17(20-11-12)23-15-3-2-8-21(16(15)22)14-6-4-13(9-18)5-7-14/h4-7,10-11,15H,2-3,8H2,1H3/t15-/m1/s1. The molecule has 0 aliphatic carbocycles. The van der Waals surface area contributed by atoms with Gasteiger partial charge in [-0.1, -0.05) is 11.8 Å². The highest BCUT2D eigenvalue weighted by molar-refractivity contribution is 8.00. The molecule has 0 radical (unpaired) electrons. The number of nitrogens with zero attached hydrogens (tertiary/aromatic N) is 4. The van der Waals surface area contributed by atoms with E-state index in [2.05, 4.69) is 16.0 Å². The molecule has 1 saturated heterocycles. The van der Waals surface area contributed by atoms with Crippen molar-refractivity contribution >= 4 is 23.4 Å². The quantitative estimate of drug-likeness (QED) is 0.812. The highest BCUT2D eigenvalue weighted by Gasteiger charge is 2.31. The van der Waals surface area contributed by atoms with Crippen molar-refractivity contribution in [2.45, 2.75) is 30.2 Å². The molecule has 0 saturated carbocycles. The number of carbonyl (C=O) groups is 1. The molecule has 2 aromatic rings. The molecule has 0 N–H and O–H groups in total. The van der Waals surface area contributed by atoms with E-state index in [4.69, 9.17) is 5.26 Å². The first-order valence-electron chi connectivity index (χ1n) is 7.44. The van der Waals surface area contributed by atoms with Gasteiger partial charge in [-0.15, -0.1) is 0 Å². The van der Waals surface area contributed by atoms with E-state index in [1.165, 1.54) is 11.8 Å². The lowest BCUT2D eigenvalue weighted by molar-refractivity contribution is -0.119. The zero-order chi connectivity index (χ0) is 16.2. The minimum atomic E-state index is -0.165. The van der Waals surface area contributed by atoms with Gasteiger partial charge in [0.15, 0.2) is 5.16 Å². The highest BCUT2D eigenvalue weighted by Crippen LogP contribution is 2.30. The van der Waals surface area contributed by atoms with E-state index < -0.39 is 0 Å². The van der Waals surface area contributed by atoms with Gasteiger partial charge in [0.25, 0.3) is 0 Å². The fraction of sp³-hybridized carbons (Fsp3) is 0.294. The Morgan fingerprint density at radius 1 is 1.26 bits per heavy atom. The molecule has 1 aliphatic rings. The molecule has 0 spiro atoms. The van der Waals surface area contributed by atoms with Crippen LogP contribution < -0.4 is 4.90 Å². The first kappa shape index (κ1) is 15.5. The summed E-state index contributed by atoms with van der Waals surface area (Å²) >= 11 is 1.42. The fourth-order valence-electron chi connectivity index (χ4n) is 2.49. The number of aromatic nitrogens is 2. The summed E-state index contributed by atoms with van der Waals surface area (Å²) in [4.78, 5) is 23.1. The van der Waals surface area contributed by atoms with Crippen LogP contribution in [0.5, 0.6) is 0 Å². The first-order valence-corrected chi connectivity index (χ1v) is 8.32. The van der Waals surface area contributed by atoms with Gasteiger partial charge < -0.3 is 4.90 Å². The smallest absolute Gasteiger partial charge is 0.240 e. The third-order valence-electron chi connectivity index (χ3n) is 3.70. The molecule has 3 rings (SSSR count). The van der Waals surface area contributed by atoms with Crippen LogP contribution in [0.25, 0.3) is 0 Å². The molecule has 6 heteroatoms. The molecule has 0 unspecified atom stereocenters. The summed E-state index contributed by atoms with van der Waals surface area (Å²) < 4.78 is 0. The Balaban J connectivity index is 1.75. The van der Waals surface area contributed by atoms with Gasteiger partial charge in [-0.05, 0) is 49.6 Å². The largest absolute Gasteiger partial charge is 0.311 e. The van der Waals surface area contributed by atoms with E-state index in [0.717, 1.165) is 24.1 Å². The maximum atomic E-state index is 12.7. The van der Waals surface area contributed by atoms with E-state index in [9.17, 15) is 4.79 Å². The summed E-state index contributed by atoms with van der Waals surface area (Å²) in [5.41, 5.74) is 2.44. The topological polar surface area (TPSA) is 69.9 Å². The van der Waals surface area contributed by atoms with Crippen molar-refractivity contribution in [2.24, 2.45) is 0 Å². The first-order chi connectivity index (χ1) is 11.2. The minimum Gasteiger partial charge on any atom is -0.311 e. The number of nitriles is 1. The van der Waals surface area contributed by atoms with E-state index >= 15 is 0 Å². The fourth-order valence-corrected chi connectivity index (χ4v) is 3.49. The van der Waals surface area contributed by atoms with Crippen LogP contribution in [0.15, 0.2) is 41.8 Å². The number of anilines is 1. The van der Waals surface area contributed by atoms with Crippen LogP contribution in [0, 0.1) is 18.3 Å². The Labute approximate surface area is 139 Å².